The first kappa shape index (κ1) is 7.54. The summed E-state index contributed by atoms with van der Waals surface area (Å²) in [5.41, 5.74) is 5.04. The van der Waals surface area contributed by atoms with E-state index in [-0.39, 0.29) is 11.9 Å². The molecular weight excluding hydrogens is 128 g/mol. The van der Waals surface area contributed by atoms with Crippen LogP contribution in [-0.2, 0) is 4.79 Å². The molecule has 0 spiro atoms. The van der Waals surface area contributed by atoms with E-state index in [2.05, 4.69) is 5.32 Å². The third-order valence-corrected chi connectivity index (χ3v) is 1.84. The Kier molecular flexibility index (Phi) is 2.27. The Morgan fingerprint density at radius 1 is 1.80 bits per heavy atom. The number of hydrogen-bond donors (Lipinski definition) is 2. The summed E-state index contributed by atoms with van der Waals surface area (Å²) < 4.78 is 0. The van der Waals surface area contributed by atoms with Crippen LogP contribution in [0.3, 0.4) is 0 Å². The van der Waals surface area contributed by atoms with Gasteiger partial charge in [0.25, 0.3) is 0 Å². The van der Waals surface area contributed by atoms with Crippen molar-refractivity contribution >= 4 is 5.91 Å². The highest BCUT2D eigenvalue weighted by atomic mass is 16.1. The molecular formula is C7H14N2O. The molecule has 1 aliphatic rings. The maximum Gasteiger partial charge on any atom is 0.234 e. The van der Waals surface area contributed by atoms with E-state index in [9.17, 15) is 4.79 Å². The lowest BCUT2D eigenvalue weighted by Crippen LogP contribution is -2.39. The van der Waals surface area contributed by atoms with E-state index >= 15 is 0 Å². The van der Waals surface area contributed by atoms with Gasteiger partial charge in [0.1, 0.15) is 0 Å². The second-order valence-electron chi connectivity index (χ2n) is 2.98. The molecule has 0 aromatic rings. The third-order valence-electron chi connectivity index (χ3n) is 1.84. The molecule has 0 bridgehead atoms. The molecule has 3 nitrogen and oxygen atoms in total. The summed E-state index contributed by atoms with van der Waals surface area (Å²) in [5.74, 6) is 0.544. The number of amides is 1. The predicted molar refractivity (Wildman–Crippen MR) is 39.4 cm³/mol. The molecule has 1 saturated carbocycles. The van der Waals surface area contributed by atoms with Gasteiger partial charge in [0, 0.05) is 0 Å². The van der Waals surface area contributed by atoms with Gasteiger partial charge in [-0.3, -0.25) is 4.79 Å². The largest absolute Gasteiger partial charge is 0.368 e. The number of primary amides is 1. The summed E-state index contributed by atoms with van der Waals surface area (Å²) in [4.78, 5) is 10.5. The Balaban J connectivity index is 2.05. The smallest absolute Gasteiger partial charge is 0.234 e. The SMILES string of the molecule is CC(NCC1CC1)C(N)=O. The van der Waals surface area contributed by atoms with Crippen LogP contribution in [0.1, 0.15) is 19.8 Å². The molecule has 1 rings (SSSR count). The van der Waals surface area contributed by atoms with Gasteiger partial charge in [0.2, 0.25) is 5.91 Å². The second kappa shape index (κ2) is 3.01. The van der Waals surface area contributed by atoms with Crippen LogP contribution in [0.2, 0.25) is 0 Å². The van der Waals surface area contributed by atoms with E-state index in [4.69, 9.17) is 5.73 Å². The number of carbonyl (C=O) groups is 1. The first-order chi connectivity index (χ1) is 4.70. The molecule has 3 heteroatoms. The Morgan fingerprint density at radius 3 is 2.80 bits per heavy atom. The fourth-order valence-electron chi connectivity index (χ4n) is 0.766. The highest BCUT2D eigenvalue weighted by Crippen LogP contribution is 2.27. The van der Waals surface area contributed by atoms with Crippen molar-refractivity contribution in [2.75, 3.05) is 6.54 Å². The Labute approximate surface area is 61.0 Å². The molecule has 10 heavy (non-hydrogen) atoms. The molecule has 0 saturated heterocycles. The van der Waals surface area contributed by atoms with Crippen LogP contribution >= 0.6 is 0 Å². The minimum Gasteiger partial charge on any atom is -0.368 e. The zero-order valence-corrected chi connectivity index (χ0v) is 6.26. The van der Waals surface area contributed by atoms with Gasteiger partial charge < -0.3 is 11.1 Å². The lowest BCUT2D eigenvalue weighted by atomic mass is 10.3. The minimum atomic E-state index is -0.263. The standard InChI is InChI=1S/C7H14N2O/c1-5(7(8)10)9-4-6-2-3-6/h5-6,9H,2-4H2,1H3,(H2,8,10). The van der Waals surface area contributed by atoms with Crippen LogP contribution in [0.4, 0.5) is 0 Å². The quantitative estimate of drug-likeness (QED) is 0.574. The predicted octanol–water partition coefficient (Wildman–Crippen LogP) is -0.140. The van der Waals surface area contributed by atoms with Gasteiger partial charge in [-0.1, -0.05) is 0 Å². The molecule has 58 valence electrons. The molecule has 0 aromatic heterocycles. The van der Waals surface area contributed by atoms with Crippen molar-refractivity contribution in [1.82, 2.24) is 5.32 Å². The van der Waals surface area contributed by atoms with Crippen LogP contribution in [0.15, 0.2) is 0 Å². The zero-order valence-electron chi connectivity index (χ0n) is 6.26. The van der Waals surface area contributed by atoms with Gasteiger partial charge in [0.05, 0.1) is 6.04 Å². The average molecular weight is 142 g/mol. The minimum absolute atomic E-state index is 0.166. The van der Waals surface area contributed by atoms with Crippen LogP contribution in [0.25, 0.3) is 0 Å². The van der Waals surface area contributed by atoms with Gasteiger partial charge in [-0.05, 0) is 32.2 Å². The second-order valence-corrected chi connectivity index (χ2v) is 2.98. The number of carbonyl (C=O) groups excluding carboxylic acids is 1. The molecule has 1 aliphatic carbocycles. The molecule has 0 aliphatic heterocycles. The van der Waals surface area contributed by atoms with E-state index in [0.29, 0.717) is 0 Å². The van der Waals surface area contributed by atoms with Gasteiger partial charge in [-0.2, -0.15) is 0 Å². The molecule has 1 unspecified atom stereocenters. The molecule has 0 radical (unpaired) electrons. The van der Waals surface area contributed by atoms with Crippen molar-refractivity contribution < 1.29 is 4.79 Å². The zero-order chi connectivity index (χ0) is 7.56. The highest BCUT2D eigenvalue weighted by molar-refractivity contribution is 5.79. The van der Waals surface area contributed by atoms with Crippen molar-refractivity contribution in [2.45, 2.75) is 25.8 Å². The maximum absolute atomic E-state index is 10.5. The number of nitrogens with one attached hydrogen (secondary N) is 1. The van der Waals surface area contributed by atoms with Gasteiger partial charge in [-0.15, -0.1) is 0 Å². The lowest BCUT2D eigenvalue weighted by molar-refractivity contribution is -0.119. The van der Waals surface area contributed by atoms with E-state index in [1.54, 1.807) is 6.92 Å². The number of hydrogen-bond acceptors (Lipinski definition) is 2. The fourth-order valence-corrected chi connectivity index (χ4v) is 0.766. The van der Waals surface area contributed by atoms with Gasteiger partial charge in [0.15, 0.2) is 0 Å². The monoisotopic (exact) mass is 142 g/mol. The van der Waals surface area contributed by atoms with Crippen molar-refractivity contribution in [3.05, 3.63) is 0 Å². The van der Waals surface area contributed by atoms with E-state index in [0.717, 1.165) is 12.5 Å². The first-order valence-corrected chi connectivity index (χ1v) is 3.73. The average Bonchev–Trinajstić information content (AvgIpc) is 2.64. The van der Waals surface area contributed by atoms with E-state index in [1.807, 2.05) is 0 Å². The van der Waals surface area contributed by atoms with E-state index in [1.165, 1.54) is 12.8 Å². The summed E-state index contributed by atoms with van der Waals surface area (Å²) in [5, 5.41) is 3.07. The van der Waals surface area contributed by atoms with Gasteiger partial charge >= 0.3 is 0 Å². The van der Waals surface area contributed by atoms with Crippen LogP contribution in [-0.4, -0.2) is 18.5 Å². The Bertz CT molecular complexity index is 132. The number of nitrogens with two attached hydrogens (primary N) is 1. The van der Waals surface area contributed by atoms with Crippen molar-refractivity contribution in [1.29, 1.82) is 0 Å². The Hall–Kier alpha value is -0.570. The van der Waals surface area contributed by atoms with Crippen LogP contribution < -0.4 is 11.1 Å². The molecule has 1 amide bonds. The maximum atomic E-state index is 10.5. The van der Waals surface area contributed by atoms with Gasteiger partial charge in [-0.25, -0.2) is 0 Å². The summed E-state index contributed by atoms with van der Waals surface area (Å²) in [6.45, 7) is 2.74. The summed E-state index contributed by atoms with van der Waals surface area (Å²) in [6, 6.07) is -0.166. The lowest BCUT2D eigenvalue weighted by Gasteiger charge is -2.07. The third kappa shape index (κ3) is 2.35. The summed E-state index contributed by atoms with van der Waals surface area (Å²) in [6.07, 6.45) is 2.61. The van der Waals surface area contributed by atoms with Crippen molar-refractivity contribution in [3.8, 4) is 0 Å². The topological polar surface area (TPSA) is 55.1 Å². The van der Waals surface area contributed by atoms with Crippen molar-refractivity contribution in [2.24, 2.45) is 11.7 Å². The Morgan fingerprint density at radius 2 is 2.40 bits per heavy atom. The molecule has 3 N–H and O–H groups in total. The van der Waals surface area contributed by atoms with Crippen LogP contribution in [0, 0.1) is 5.92 Å². The van der Waals surface area contributed by atoms with Crippen molar-refractivity contribution in [3.63, 3.8) is 0 Å². The summed E-state index contributed by atoms with van der Waals surface area (Å²) >= 11 is 0. The first-order valence-electron chi connectivity index (χ1n) is 3.73. The highest BCUT2D eigenvalue weighted by Gasteiger charge is 2.21. The number of rotatable bonds is 4. The molecule has 0 aromatic carbocycles. The molecule has 1 atom stereocenters. The van der Waals surface area contributed by atoms with E-state index < -0.39 is 0 Å². The summed E-state index contributed by atoms with van der Waals surface area (Å²) in [7, 11) is 0. The fraction of sp³-hybridized carbons (Fsp3) is 0.857. The normalized spacial score (nSPS) is 20.5. The molecule has 1 fully saturated rings. The van der Waals surface area contributed by atoms with Crippen LogP contribution in [0.5, 0.6) is 0 Å². The molecule has 0 heterocycles.